The van der Waals surface area contributed by atoms with Crippen LogP contribution < -0.4 is 10.5 Å². The minimum absolute atomic E-state index is 0.0164. The van der Waals surface area contributed by atoms with Crippen molar-refractivity contribution in [1.29, 1.82) is 0 Å². The lowest BCUT2D eigenvalue weighted by Gasteiger charge is -2.15. The number of methoxy groups -OCH3 is 1. The average molecular weight is 238 g/mol. The van der Waals surface area contributed by atoms with Crippen LogP contribution in [0.4, 0.5) is 5.69 Å². The van der Waals surface area contributed by atoms with Crippen LogP contribution in [0.3, 0.4) is 0 Å². The number of nitrogen functional groups attached to an aromatic ring is 1. The Kier molecular flexibility index (Phi) is 4.75. The van der Waals surface area contributed by atoms with Crippen molar-refractivity contribution in [3.05, 3.63) is 17.8 Å². The SMILES string of the molecule is CCCC(C)Oc1nccc(C(=O)OC)c1N. The zero-order chi connectivity index (χ0) is 12.8. The van der Waals surface area contributed by atoms with E-state index < -0.39 is 5.97 Å². The number of rotatable bonds is 5. The third-order valence-corrected chi connectivity index (χ3v) is 2.37. The number of ether oxygens (including phenoxy) is 2. The Morgan fingerprint density at radius 1 is 1.59 bits per heavy atom. The number of carbonyl (C=O) groups excluding carboxylic acids is 1. The highest BCUT2D eigenvalue weighted by atomic mass is 16.5. The molecule has 0 fully saturated rings. The molecule has 0 aliphatic carbocycles. The van der Waals surface area contributed by atoms with Crippen LogP contribution in [0.25, 0.3) is 0 Å². The van der Waals surface area contributed by atoms with Crippen molar-refractivity contribution in [2.24, 2.45) is 0 Å². The van der Waals surface area contributed by atoms with E-state index in [9.17, 15) is 4.79 Å². The van der Waals surface area contributed by atoms with Gasteiger partial charge in [-0.1, -0.05) is 13.3 Å². The topological polar surface area (TPSA) is 74.4 Å². The molecule has 0 radical (unpaired) electrons. The zero-order valence-electron chi connectivity index (χ0n) is 10.4. The highest BCUT2D eigenvalue weighted by Crippen LogP contribution is 2.24. The van der Waals surface area contributed by atoms with Crippen LogP contribution in [-0.4, -0.2) is 24.2 Å². The fourth-order valence-corrected chi connectivity index (χ4v) is 1.49. The van der Waals surface area contributed by atoms with Gasteiger partial charge in [0.05, 0.1) is 18.8 Å². The molecule has 0 aliphatic rings. The number of hydrogen-bond donors (Lipinski definition) is 1. The van der Waals surface area contributed by atoms with E-state index in [1.54, 1.807) is 0 Å². The molecule has 5 heteroatoms. The Hall–Kier alpha value is -1.78. The molecule has 94 valence electrons. The lowest BCUT2D eigenvalue weighted by molar-refractivity contribution is 0.0601. The fraction of sp³-hybridized carbons (Fsp3) is 0.500. The van der Waals surface area contributed by atoms with Gasteiger partial charge in [0.25, 0.3) is 0 Å². The van der Waals surface area contributed by atoms with Crippen LogP contribution in [0, 0.1) is 0 Å². The minimum atomic E-state index is -0.488. The smallest absolute Gasteiger partial charge is 0.340 e. The van der Waals surface area contributed by atoms with E-state index >= 15 is 0 Å². The van der Waals surface area contributed by atoms with Crippen molar-refractivity contribution < 1.29 is 14.3 Å². The fourth-order valence-electron chi connectivity index (χ4n) is 1.49. The first-order valence-electron chi connectivity index (χ1n) is 5.59. The maximum atomic E-state index is 11.4. The van der Waals surface area contributed by atoms with Crippen LogP contribution in [0.1, 0.15) is 37.0 Å². The predicted octanol–water partition coefficient (Wildman–Crippen LogP) is 2.02. The molecule has 1 aromatic rings. The van der Waals surface area contributed by atoms with E-state index in [-0.39, 0.29) is 23.2 Å². The minimum Gasteiger partial charge on any atom is -0.473 e. The first kappa shape index (κ1) is 13.3. The highest BCUT2D eigenvalue weighted by Gasteiger charge is 2.16. The van der Waals surface area contributed by atoms with Gasteiger partial charge in [0.15, 0.2) is 0 Å². The number of anilines is 1. The van der Waals surface area contributed by atoms with Crippen molar-refractivity contribution in [3.8, 4) is 5.88 Å². The molecular weight excluding hydrogens is 220 g/mol. The summed E-state index contributed by atoms with van der Waals surface area (Å²) in [6, 6.07) is 1.51. The van der Waals surface area contributed by atoms with Gasteiger partial charge in [-0.25, -0.2) is 9.78 Å². The monoisotopic (exact) mass is 238 g/mol. The van der Waals surface area contributed by atoms with Gasteiger partial charge in [0, 0.05) is 6.20 Å². The molecule has 1 aromatic heterocycles. The molecule has 0 spiro atoms. The van der Waals surface area contributed by atoms with Crippen LogP contribution in [0.2, 0.25) is 0 Å². The maximum Gasteiger partial charge on any atom is 0.340 e. The summed E-state index contributed by atoms with van der Waals surface area (Å²) in [6.45, 7) is 4.01. The molecule has 0 saturated carbocycles. The molecule has 17 heavy (non-hydrogen) atoms. The van der Waals surface area contributed by atoms with Crippen LogP contribution in [-0.2, 0) is 4.74 Å². The van der Waals surface area contributed by atoms with Crippen LogP contribution >= 0.6 is 0 Å². The van der Waals surface area contributed by atoms with Gasteiger partial charge >= 0.3 is 5.97 Å². The summed E-state index contributed by atoms with van der Waals surface area (Å²) >= 11 is 0. The molecule has 0 aliphatic heterocycles. The second-order valence-corrected chi connectivity index (χ2v) is 3.79. The number of esters is 1. The largest absolute Gasteiger partial charge is 0.473 e. The van der Waals surface area contributed by atoms with Gasteiger partial charge in [-0.15, -0.1) is 0 Å². The number of pyridine rings is 1. The van der Waals surface area contributed by atoms with Crippen molar-refractivity contribution in [2.45, 2.75) is 32.8 Å². The predicted molar refractivity (Wildman–Crippen MR) is 65.0 cm³/mol. The Labute approximate surface area is 101 Å². The molecule has 0 bridgehead atoms. The molecule has 5 nitrogen and oxygen atoms in total. The number of nitrogens with zero attached hydrogens (tertiary/aromatic N) is 1. The Bertz CT molecular complexity index is 393. The van der Waals surface area contributed by atoms with E-state index in [0.29, 0.717) is 0 Å². The molecule has 1 unspecified atom stereocenters. The number of carbonyl (C=O) groups is 1. The zero-order valence-corrected chi connectivity index (χ0v) is 10.4. The van der Waals surface area contributed by atoms with Gasteiger partial charge < -0.3 is 15.2 Å². The molecule has 2 N–H and O–H groups in total. The second kappa shape index (κ2) is 6.08. The van der Waals surface area contributed by atoms with Crippen molar-refractivity contribution in [3.63, 3.8) is 0 Å². The number of hydrogen-bond acceptors (Lipinski definition) is 5. The maximum absolute atomic E-state index is 11.4. The van der Waals surface area contributed by atoms with Crippen molar-refractivity contribution >= 4 is 11.7 Å². The third-order valence-electron chi connectivity index (χ3n) is 2.37. The number of nitrogens with two attached hydrogens (primary N) is 1. The quantitative estimate of drug-likeness (QED) is 0.794. The second-order valence-electron chi connectivity index (χ2n) is 3.79. The van der Waals surface area contributed by atoms with Gasteiger partial charge in [0.1, 0.15) is 5.69 Å². The van der Waals surface area contributed by atoms with Crippen molar-refractivity contribution in [2.75, 3.05) is 12.8 Å². The Morgan fingerprint density at radius 3 is 2.88 bits per heavy atom. The third kappa shape index (κ3) is 3.34. The molecule has 0 saturated heterocycles. The van der Waals surface area contributed by atoms with E-state index in [0.717, 1.165) is 12.8 Å². The van der Waals surface area contributed by atoms with E-state index in [2.05, 4.69) is 16.6 Å². The van der Waals surface area contributed by atoms with E-state index in [1.165, 1.54) is 19.4 Å². The van der Waals surface area contributed by atoms with Gasteiger partial charge in [-0.3, -0.25) is 0 Å². The molecule has 0 aromatic carbocycles. The van der Waals surface area contributed by atoms with E-state index in [1.807, 2.05) is 6.92 Å². The van der Waals surface area contributed by atoms with Gasteiger partial charge in [0.2, 0.25) is 5.88 Å². The normalized spacial score (nSPS) is 11.9. The molecule has 0 amide bonds. The lowest BCUT2D eigenvalue weighted by Crippen LogP contribution is -2.15. The van der Waals surface area contributed by atoms with Crippen LogP contribution in [0.5, 0.6) is 5.88 Å². The standard InChI is InChI=1S/C12H18N2O3/c1-4-5-8(2)17-11-10(13)9(6-7-14-11)12(15)16-3/h6-8H,4-5,13H2,1-3H3. The van der Waals surface area contributed by atoms with Gasteiger partial charge in [-0.05, 0) is 19.4 Å². The summed E-state index contributed by atoms with van der Waals surface area (Å²) in [7, 11) is 1.31. The number of aromatic nitrogens is 1. The summed E-state index contributed by atoms with van der Waals surface area (Å²) in [5.41, 5.74) is 6.32. The van der Waals surface area contributed by atoms with E-state index in [4.69, 9.17) is 10.5 Å². The van der Waals surface area contributed by atoms with Crippen molar-refractivity contribution in [1.82, 2.24) is 4.98 Å². The summed E-state index contributed by atoms with van der Waals surface area (Å²) in [5, 5.41) is 0. The summed E-state index contributed by atoms with van der Waals surface area (Å²) in [5.74, 6) is -0.202. The lowest BCUT2D eigenvalue weighted by atomic mass is 10.2. The average Bonchev–Trinajstić information content (AvgIpc) is 2.31. The first-order valence-corrected chi connectivity index (χ1v) is 5.59. The Balaban J connectivity index is 2.90. The molecular formula is C12H18N2O3. The summed E-state index contributed by atoms with van der Waals surface area (Å²) < 4.78 is 10.2. The van der Waals surface area contributed by atoms with Crippen LogP contribution in [0.15, 0.2) is 12.3 Å². The first-order chi connectivity index (χ1) is 8.10. The summed E-state index contributed by atoms with van der Waals surface area (Å²) in [4.78, 5) is 15.4. The molecule has 1 atom stereocenters. The highest BCUT2D eigenvalue weighted by molar-refractivity contribution is 5.95. The summed E-state index contributed by atoms with van der Waals surface area (Å²) in [6.07, 6.45) is 3.42. The Morgan fingerprint density at radius 2 is 2.29 bits per heavy atom. The van der Waals surface area contributed by atoms with Gasteiger partial charge in [-0.2, -0.15) is 0 Å². The molecule has 1 rings (SSSR count). The molecule has 1 heterocycles.